The van der Waals surface area contributed by atoms with Crippen LogP contribution in [0.1, 0.15) is 26.7 Å². The van der Waals surface area contributed by atoms with Gasteiger partial charge in [-0.2, -0.15) is 0 Å². The Bertz CT molecular complexity index is 127. The highest BCUT2D eigenvalue weighted by Crippen LogP contribution is 1.99. The zero-order valence-electron chi connectivity index (χ0n) is 6.43. The number of hydrogen-bond donors (Lipinski definition) is 0. The zero-order chi connectivity index (χ0) is 7.98. The first-order valence-electron chi connectivity index (χ1n) is 3.48. The van der Waals surface area contributed by atoms with Gasteiger partial charge in [-0.25, -0.2) is 0 Å². The van der Waals surface area contributed by atoms with Gasteiger partial charge in [-0.3, -0.25) is 4.79 Å². The molecule has 0 N–H and O–H groups in total. The highest BCUT2D eigenvalue weighted by atomic mass is 35.5. The first kappa shape index (κ1) is 9.70. The van der Waals surface area contributed by atoms with Crippen LogP contribution in [0.3, 0.4) is 0 Å². The molecule has 0 saturated carbocycles. The number of rotatable bonds is 4. The van der Waals surface area contributed by atoms with Gasteiger partial charge in [0, 0.05) is 6.42 Å². The SMILES string of the molecule is CC(C)/C=C/CCC(=O)Cl. The van der Waals surface area contributed by atoms with Crippen LogP contribution in [-0.4, -0.2) is 5.24 Å². The average molecular weight is 161 g/mol. The molecule has 2 heteroatoms. The normalized spacial score (nSPS) is 11.2. The monoisotopic (exact) mass is 160 g/mol. The minimum absolute atomic E-state index is 0.256. The fourth-order valence-electron chi connectivity index (χ4n) is 0.565. The van der Waals surface area contributed by atoms with E-state index in [1.165, 1.54) is 0 Å². The molecule has 0 saturated heterocycles. The van der Waals surface area contributed by atoms with Gasteiger partial charge < -0.3 is 0 Å². The third kappa shape index (κ3) is 7.70. The van der Waals surface area contributed by atoms with E-state index in [1.54, 1.807) is 0 Å². The fourth-order valence-corrected chi connectivity index (χ4v) is 0.674. The van der Waals surface area contributed by atoms with Gasteiger partial charge in [0.05, 0.1) is 0 Å². The second-order valence-corrected chi connectivity index (χ2v) is 2.99. The quantitative estimate of drug-likeness (QED) is 0.457. The van der Waals surface area contributed by atoms with Crippen molar-refractivity contribution < 1.29 is 4.79 Å². The number of hydrogen-bond acceptors (Lipinski definition) is 1. The molecule has 1 nitrogen and oxygen atoms in total. The predicted molar refractivity (Wildman–Crippen MR) is 44.1 cm³/mol. The van der Waals surface area contributed by atoms with E-state index in [4.69, 9.17) is 11.6 Å². The van der Waals surface area contributed by atoms with Gasteiger partial charge in [-0.1, -0.05) is 26.0 Å². The summed E-state index contributed by atoms with van der Waals surface area (Å²) in [5.41, 5.74) is 0. The largest absolute Gasteiger partial charge is 0.281 e. The molecule has 0 aliphatic heterocycles. The number of allylic oxidation sites excluding steroid dienone is 2. The van der Waals surface area contributed by atoms with Crippen molar-refractivity contribution in [3.05, 3.63) is 12.2 Å². The molecular weight excluding hydrogens is 148 g/mol. The molecule has 0 aromatic carbocycles. The lowest BCUT2D eigenvalue weighted by atomic mass is 10.2. The number of carbonyl (C=O) groups excluding carboxylic acids is 1. The van der Waals surface area contributed by atoms with Crippen LogP contribution >= 0.6 is 11.6 Å². The van der Waals surface area contributed by atoms with Crippen molar-refractivity contribution in [2.24, 2.45) is 5.92 Å². The van der Waals surface area contributed by atoms with Gasteiger partial charge in [0.25, 0.3) is 0 Å². The van der Waals surface area contributed by atoms with E-state index < -0.39 is 0 Å². The van der Waals surface area contributed by atoms with Gasteiger partial charge in [-0.05, 0) is 23.9 Å². The summed E-state index contributed by atoms with van der Waals surface area (Å²) < 4.78 is 0. The second-order valence-electron chi connectivity index (χ2n) is 2.57. The first-order chi connectivity index (χ1) is 4.63. The van der Waals surface area contributed by atoms with E-state index >= 15 is 0 Å². The van der Waals surface area contributed by atoms with Crippen molar-refractivity contribution in [1.29, 1.82) is 0 Å². The van der Waals surface area contributed by atoms with Crippen LogP contribution in [0.5, 0.6) is 0 Å². The lowest BCUT2D eigenvalue weighted by Crippen LogP contribution is -1.83. The van der Waals surface area contributed by atoms with Gasteiger partial charge in [0.2, 0.25) is 5.24 Å². The molecule has 0 aromatic rings. The molecule has 0 amide bonds. The molecule has 58 valence electrons. The molecule has 0 fully saturated rings. The smallest absolute Gasteiger partial charge is 0.221 e. The second kappa shape index (κ2) is 5.48. The topological polar surface area (TPSA) is 17.1 Å². The molecule has 0 heterocycles. The molecular formula is C8H13ClO. The summed E-state index contributed by atoms with van der Waals surface area (Å²) in [6, 6.07) is 0. The van der Waals surface area contributed by atoms with Crippen molar-refractivity contribution >= 4 is 16.8 Å². The highest BCUT2D eigenvalue weighted by molar-refractivity contribution is 6.63. The van der Waals surface area contributed by atoms with E-state index in [0.717, 1.165) is 6.42 Å². The van der Waals surface area contributed by atoms with Crippen LogP contribution in [0.4, 0.5) is 0 Å². The molecule has 0 bridgehead atoms. The van der Waals surface area contributed by atoms with Gasteiger partial charge >= 0.3 is 0 Å². The highest BCUT2D eigenvalue weighted by Gasteiger charge is 1.91. The lowest BCUT2D eigenvalue weighted by molar-refractivity contribution is -0.111. The van der Waals surface area contributed by atoms with Gasteiger partial charge in [0.15, 0.2) is 0 Å². The van der Waals surface area contributed by atoms with Crippen LogP contribution < -0.4 is 0 Å². The van der Waals surface area contributed by atoms with Crippen molar-refractivity contribution in [3.8, 4) is 0 Å². The molecule has 0 aliphatic rings. The number of carbonyl (C=O) groups is 1. The third-order valence-corrected chi connectivity index (χ3v) is 1.22. The zero-order valence-corrected chi connectivity index (χ0v) is 7.19. The Morgan fingerprint density at radius 3 is 2.60 bits per heavy atom. The predicted octanol–water partition coefficient (Wildman–Crippen LogP) is 2.74. The van der Waals surface area contributed by atoms with Gasteiger partial charge in [0.1, 0.15) is 0 Å². The van der Waals surface area contributed by atoms with Gasteiger partial charge in [-0.15, -0.1) is 0 Å². The minimum Gasteiger partial charge on any atom is -0.281 e. The summed E-state index contributed by atoms with van der Waals surface area (Å²) in [5.74, 6) is 0.561. The van der Waals surface area contributed by atoms with Crippen molar-refractivity contribution in [3.63, 3.8) is 0 Å². The van der Waals surface area contributed by atoms with E-state index in [-0.39, 0.29) is 5.24 Å². The summed E-state index contributed by atoms with van der Waals surface area (Å²) in [6.07, 6.45) is 5.27. The summed E-state index contributed by atoms with van der Waals surface area (Å²) >= 11 is 5.12. The van der Waals surface area contributed by atoms with E-state index in [1.807, 2.05) is 6.08 Å². The van der Waals surface area contributed by atoms with E-state index in [2.05, 4.69) is 19.9 Å². The molecule has 10 heavy (non-hydrogen) atoms. The molecule has 0 rings (SSSR count). The molecule has 0 aromatic heterocycles. The summed E-state index contributed by atoms with van der Waals surface area (Å²) in [6.45, 7) is 4.19. The average Bonchev–Trinajstić information content (AvgIpc) is 1.79. The van der Waals surface area contributed by atoms with E-state index in [0.29, 0.717) is 12.3 Å². The third-order valence-electron chi connectivity index (χ3n) is 1.03. The maximum Gasteiger partial charge on any atom is 0.221 e. The van der Waals surface area contributed by atoms with E-state index in [9.17, 15) is 4.79 Å². The maximum absolute atomic E-state index is 10.2. The van der Waals surface area contributed by atoms with Crippen LogP contribution in [0.2, 0.25) is 0 Å². The molecule has 0 radical (unpaired) electrons. The standard InChI is InChI=1S/C8H13ClO/c1-7(2)5-3-4-6-8(9)10/h3,5,7H,4,6H2,1-2H3/b5-3+. The van der Waals surface area contributed by atoms with Crippen molar-refractivity contribution in [2.45, 2.75) is 26.7 Å². The van der Waals surface area contributed by atoms with Crippen LogP contribution in [0.25, 0.3) is 0 Å². The first-order valence-corrected chi connectivity index (χ1v) is 3.85. The summed E-state index contributed by atoms with van der Waals surface area (Å²) in [7, 11) is 0. The molecule has 0 aliphatic carbocycles. The Balaban J connectivity index is 3.27. The maximum atomic E-state index is 10.2. The Kier molecular flexibility index (Phi) is 5.32. The minimum atomic E-state index is -0.256. The van der Waals surface area contributed by atoms with Crippen LogP contribution in [0.15, 0.2) is 12.2 Å². The Labute approximate surface area is 67.1 Å². The molecule has 0 unspecified atom stereocenters. The Hall–Kier alpha value is -0.300. The molecule has 0 spiro atoms. The summed E-state index contributed by atoms with van der Waals surface area (Å²) in [4.78, 5) is 10.2. The summed E-state index contributed by atoms with van der Waals surface area (Å²) in [5, 5.41) is -0.256. The Morgan fingerprint density at radius 2 is 2.20 bits per heavy atom. The van der Waals surface area contributed by atoms with Crippen molar-refractivity contribution in [2.75, 3.05) is 0 Å². The lowest BCUT2D eigenvalue weighted by Gasteiger charge is -1.91. The Morgan fingerprint density at radius 1 is 1.60 bits per heavy atom. The number of halogens is 1. The van der Waals surface area contributed by atoms with Crippen LogP contribution in [0, 0.1) is 5.92 Å². The van der Waals surface area contributed by atoms with Crippen LogP contribution in [-0.2, 0) is 4.79 Å². The van der Waals surface area contributed by atoms with Crippen molar-refractivity contribution in [1.82, 2.24) is 0 Å². The molecule has 0 atom stereocenters. The fraction of sp³-hybridized carbons (Fsp3) is 0.625.